The summed E-state index contributed by atoms with van der Waals surface area (Å²) in [5, 5.41) is 12.5. The number of hydrogen-bond donors (Lipinski definition) is 3. The second-order valence-electron chi connectivity index (χ2n) is 3.98. The zero-order valence-corrected chi connectivity index (χ0v) is 10.1. The first-order chi connectivity index (χ1) is 7.67. The number of rotatable bonds is 6. The molecule has 0 bridgehead atoms. The average molecular weight is 224 g/mol. The minimum Gasteiger partial charge on any atom is -0.311 e. The molecule has 0 radical (unpaired) electrons. The van der Waals surface area contributed by atoms with Gasteiger partial charge >= 0.3 is 0 Å². The molecule has 1 amide bonds. The van der Waals surface area contributed by atoms with Gasteiger partial charge in [-0.3, -0.25) is 9.89 Å². The maximum absolute atomic E-state index is 11.3. The van der Waals surface area contributed by atoms with E-state index in [1.54, 1.807) is 7.05 Å². The standard InChI is InChI=1S/C11H20N4O/c1-4-5-8(2)9-6-10(15-14-9)13-11(16)7-12-3/h6,8,12H,4-5,7H2,1-3H3,(H2,13,14,15,16). The topological polar surface area (TPSA) is 69.8 Å². The largest absolute Gasteiger partial charge is 0.311 e. The number of likely N-dealkylation sites (N-methyl/N-ethyl adjacent to an activating group) is 1. The summed E-state index contributed by atoms with van der Waals surface area (Å²) in [6.45, 7) is 4.60. The van der Waals surface area contributed by atoms with Gasteiger partial charge in [-0.15, -0.1) is 0 Å². The Bertz CT molecular complexity index is 334. The third kappa shape index (κ3) is 3.66. The molecule has 1 atom stereocenters. The molecule has 1 heterocycles. The maximum atomic E-state index is 11.3. The minimum absolute atomic E-state index is 0.0799. The zero-order valence-electron chi connectivity index (χ0n) is 10.1. The molecule has 1 aromatic heterocycles. The Morgan fingerprint density at radius 1 is 1.62 bits per heavy atom. The van der Waals surface area contributed by atoms with Gasteiger partial charge in [0.1, 0.15) is 0 Å². The normalized spacial score (nSPS) is 12.4. The van der Waals surface area contributed by atoms with Gasteiger partial charge in [-0.05, 0) is 19.4 Å². The fraction of sp³-hybridized carbons (Fsp3) is 0.636. The highest BCUT2D eigenvalue weighted by atomic mass is 16.1. The van der Waals surface area contributed by atoms with Gasteiger partial charge in [-0.25, -0.2) is 0 Å². The quantitative estimate of drug-likeness (QED) is 0.685. The highest BCUT2D eigenvalue weighted by molar-refractivity contribution is 5.91. The summed E-state index contributed by atoms with van der Waals surface area (Å²) in [6, 6.07) is 1.90. The second-order valence-corrected chi connectivity index (χ2v) is 3.98. The molecule has 0 saturated carbocycles. The first kappa shape index (κ1) is 12.7. The molecule has 1 unspecified atom stereocenters. The third-order valence-corrected chi connectivity index (χ3v) is 2.46. The van der Waals surface area contributed by atoms with Gasteiger partial charge in [0.25, 0.3) is 0 Å². The third-order valence-electron chi connectivity index (χ3n) is 2.46. The number of nitrogens with zero attached hydrogens (tertiary/aromatic N) is 1. The van der Waals surface area contributed by atoms with Gasteiger partial charge in [0.2, 0.25) is 5.91 Å². The molecule has 90 valence electrons. The van der Waals surface area contributed by atoms with Crippen molar-refractivity contribution >= 4 is 11.7 Å². The van der Waals surface area contributed by atoms with E-state index in [0.717, 1.165) is 18.5 Å². The van der Waals surface area contributed by atoms with Crippen molar-refractivity contribution in [2.75, 3.05) is 18.9 Å². The SMILES string of the molecule is CCCC(C)c1cc(NC(=O)CNC)n[nH]1. The first-order valence-corrected chi connectivity index (χ1v) is 5.67. The molecule has 5 heteroatoms. The molecule has 0 aromatic carbocycles. The van der Waals surface area contributed by atoms with Gasteiger partial charge in [0, 0.05) is 11.8 Å². The van der Waals surface area contributed by atoms with Crippen LogP contribution in [-0.4, -0.2) is 29.7 Å². The first-order valence-electron chi connectivity index (χ1n) is 5.67. The van der Waals surface area contributed by atoms with Crippen LogP contribution in [0.5, 0.6) is 0 Å². The van der Waals surface area contributed by atoms with E-state index in [-0.39, 0.29) is 5.91 Å². The molecular formula is C11H20N4O. The van der Waals surface area contributed by atoms with E-state index in [0.29, 0.717) is 18.3 Å². The van der Waals surface area contributed by atoms with Crippen LogP contribution in [-0.2, 0) is 4.79 Å². The highest BCUT2D eigenvalue weighted by Crippen LogP contribution is 2.20. The lowest BCUT2D eigenvalue weighted by atomic mass is 10.0. The Labute approximate surface area is 96.0 Å². The van der Waals surface area contributed by atoms with Gasteiger partial charge in [-0.2, -0.15) is 5.10 Å². The van der Waals surface area contributed by atoms with Crippen LogP contribution >= 0.6 is 0 Å². The van der Waals surface area contributed by atoms with Crippen molar-refractivity contribution in [2.24, 2.45) is 0 Å². The van der Waals surface area contributed by atoms with E-state index in [9.17, 15) is 4.79 Å². The van der Waals surface area contributed by atoms with Gasteiger partial charge in [-0.1, -0.05) is 20.3 Å². The van der Waals surface area contributed by atoms with Crippen molar-refractivity contribution in [2.45, 2.75) is 32.6 Å². The number of amides is 1. The van der Waals surface area contributed by atoms with E-state index in [4.69, 9.17) is 0 Å². The fourth-order valence-electron chi connectivity index (χ4n) is 1.59. The Morgan fingerprint density at radius 2 is 2.38 bits per heavy atom. The van der Waals surface area contributed by atoms with E-state index in [2.05, 4.69) is 34.7 Å². The number of carbonyl (C=O) groups is 1. The molecule has 1 rings (SSSR count). The number of aromatic nitrogens is 2. The Kier molecular flexibility index (Phi) is 4.98. The van der Waals surface area contributed by atoms with Crippen molar-refractivity contribution in [1.29, 1.82) is 0 Å². The summed E-state index contributed by atoms with van der Waals surface area (Å²) >= 11 is 0. The average Bonchev–Trinajstić information content (AvgIpc) is 2.67. The summed E-state index contributed by atoms with van der Waals surface area (Å²) < 4.78 is 0. The molecule has 0 aliphatic heterocycles. The Balaban J connectivity index is 2.54. The van der Waals surface area contributed by atoms with Crippen LogP contribution in [0.3, 0.4) is 0 Å². The summed E-state index contributed by atoms with van der Waals surface area (Å²) in [4.78, 5) is 11.3. The van der Waals surface area contributed by atoms with Crippen LogP contribution in [0.25, 0.3) is 0 Å². The van der Waals surface area contributed by atoms with Crippen molar-refractivity contribution in [3.63, 3.8) is 0 Å². The van der Waals surface area contributed by atoms with E-state index in [1.807, 2.05) is 6.07 Å². The number of H-pyrrole nitrogens is 1. The number of aromatic amines is 1. The molecule has 1 aromatic rings. The van der Waals surface area contributed by atoms with Crippen molar-refractivity contribution in [3.8, 4) is 0 Å². The predicted molar refractivity (Wildman–Crippen MR) is 64.5 cm³/mol. The van der Waals surface area contributed by atoms with Gasteiger partial charge in [0.05, 0.1) is 6.54 Å². The molecular weight excluding hydrogens is 204 g/mol. The minimum atomic E-state index is -0.0799. The molecule has 5 nitrogen and oxygen atoms in total. The number of carbonyl (C=O) groups excluding carboxylic acids is 1. The monoisotopic (exact) mass is 224 g/mol. The van der Waals surface area contributed by atoms with Crippen LogP contribution in [0.1, 0.15) is 38.3 Å². The number of nitrogens with one attached hydrogen (secondary N) is 3. The van der Waals surface area contributed by atoms with Crippen LogP contribution in [0, 0.1) is 0 Å². The molecule has 0 fully saturated rings. The molecule has 0 saturated heterocycles. The van der Waals surface area contributed by atoms with Crippen molar-refractivity contribution < 1.29 is 4.79 Å². The van der Waals surface area contributed by atoms with Crippen LogP contribution < -0.4 is 10.6 Å². The molecule has 16 heavy (non-hydrogen) atoms. The predicted octanol–water partition coefficient (Wildman–Crippen LogP) is 1.47. The van der Waals surface area contributed by atoms with Crippen LogP contribution in [0.2, 0.25) is 0 Å². The summed E-state index contributed by atoms with van der Waals surface area (Å²) in [6.07, 6.45) is 2.26. The molecule has 0 spiro atoms. The van der Waals surface area contributed by atoms with Crippen molar-refractivity contribution in [1.82, 2.24) is 15.5 Å². The summed E-state index contributed by atoms with van der Waals surface area (Å²) in [5.74, 6) is 0.967. The van der Waals surface area contributed by atoms with E-state index < -0.39 is 0 Å². The van der Waals surface area contributed by atoms with Crippen molar-refractivity contribution in [3.05, 3.63) is 11.8 Å². The maximum Gasteiger partial charge on any atom is 0.239 e. The number of anilines is 1. The number of hydrogen-bond acceptors (Lipinski definition) is 3. The summed E-state index contributed by atoms with van der Waals surface area (Å²) in [7, 11) is 1.73. The molecule has 0 aliphatic rings. The van der Waals surface area contributed by atoms with E-state index in [1.165, 1.54) is 0 Å². The fourth-order valence-corrected chi connectivity index (χ4v) is 1.59. The summed E-state index contributed by atoms with van der Waals surface area (Å²) in [5.41, 5.74) is 1.07. The Hall–Kier alpha value is -1.36. The zero-order chi connectivity index (χ0) is 12.0. The van der Waals surface area contributed by atoms with Gasteiger partial charge in [0.15, 0.2) is 5.82 Å². The smallest absolute Gasteiger partial charge is 0.239 e. The Morgan fingerprint density at radius 3 is 3.00 bits per heavy atom. The lowest BCUT2D eigenvalue weighted by Crippen LogP contribution is -2.25. The van der Waals surface area contributed by atoms with E-state index >= 15 is 0 Å². The molecule has 0 aliphatic carbocycles. The lowest BCUT2D eigenvalue weighted by Gasteiger charge is -2.05. The molecule has 3 N–H and O–H groups in total. The van der Waals surface area contributed by atoms with Crippen LogP contribution in [0.15, 0.2) is 6.07 Å². The van der Waals surface area contributed by atoms with Gasteiger partial charge < -0.3 is 10.6 Å². The van der Waals surface area contributed by atoms with Crippen LogP contribution in [0.4, 0.5) is 5.82 Å². The highest BCUT2D eigenvalue weighted by Gasteiger charge is 2.09. The lowest BCUT2D eigenvalue weighted by molar-refractivity contribution is -0.115. The second kappa shape index (κ2) is 6.27.